The zero-order chi connectivity index (χ0) is 18.2. The molecule has 2 rings (SSSR count). The molecule has 3 N–H and O–H groups in total. The molecule has 7 heteroatoms. The predicted molar refractivity (Wildman–Crippen MR) is 93.5 cm³/mol. The van der Waals surface area contributed by atoms with E-state index in [1.807, 2.05) is 30.3 Å². The van der Waals surface area contributed by atoms with Crippen LogP contribution in [-0.4, -0.2) is 35.4 Å². The minimum atomic E-state index is -0.694. The van der Waals surface area contributed by atoms with Gasteiger partial charge in [0.15, 0.2) is 0 Å². The van der Waals surface area contributed by atoms with Crippen molar-refractivity contribution in [3.05, 3.63) is 54.1 Å². The maximum Gasteiger partial charge on any atom is 0.414 e. The zero-order valence-electron chi connectivity index (χ0n) is 13.8. The molecule has 0 bridgehead atoms. The molecular weight excluding hydrogens is 324 g/mol. The summed E-state index contributed by atoms with van der Waals surface area (Å²) in [5.41, 5.74) is 1.40. The van der Waals surface area contributed by atoms with Crippen LogP contribution in [-0.2, 0) is 16.1 Å². The summed E-state index contributed by atoms with van der Waals surface area (Å²) in [5.74, 6) is -0.488. The number of benzene rings is 2. The number of hydrogen-bond acceptors (Lipinski definition) is 5. The zero-order valence-corrected chi connectivity index (χ0v) is 13.8. The summed E-state index contributed by atoms with van der Waals surface area (Å²) < 4.78 is 5.24. The van der Waals surface area contributed by atoms with Crippen molar-refractivity contribution in [2.45, 2.75) is 13.5 Å². The molecule has 25 heavy (non-hydrogen) atoms. The molecule has 0 unspecified atom stereocenters. The first-order valence-corrected chi connectivity index (χ1v) is 7.71. The Labute approximate surface area is 145 Å². The summed E-state index contributed by atoms with van der Waals surface area (Å²) in [6, 6.07) is 13.5. The van der Waals surface area contributed by atoms with Gasteiger partial charge in [-0.15, -0.1) is 0 Å². The van der Waals surface area contributed by atoms with Gasteiger partial charge in [-0.1, -0.05) is 30.3 Å². The Morgan fingerprint density at radius 3 is 2.48 bits per heavy atom. The highest BCUT2D eigenvalue weighted by Crippen LogP contribution is 2.30. The van der Waals surface area contributed by atoms with Gasteiger partial charge < -0.3 is 20.3 Å². The second kappa shape index (κ2) is 8.70. The highest BCUT2D eigenvalue weighted by molar-refractivity contribution is 5.92. The van der Waals surface area contributed by atoms with Crippen molar-refractivity contribution in [2.24, 2.45) is 0 Å². The van der Waals surface area contributed by atoms with Crippen LogP contribution in [0.25, 0.3) is 0 Å². The van der Waals surface area contributed by atoms with E-state index in [2.05, 4.69) is 5.32 Å². The first kappa shape index (κ1) is 18.3. The summed E-state index contributed by atoms with van der Waals surface area (Å²) in [7, 11) is 0. The van der Waals surface area contributed by atoms with Gasteiger partial charge in [0.25, 0.3) is 0 Å². The molecule has 7 nitrogen and oxygen atoms in total. The molecule has 0 heterocycles. The number of carbonyl (C=O) groups is 2. The number of anilines is 2. The Kier molecular flexibility index (Phi) is 6.36. The van der Waals surface area contributed by atoms with Crippen LogP contribution in [0.1, 0.15) is 12.5 Å². The van der Waals surface area contributed by atoms with E-state index in [0.29, 0.717) is 5.69 Å². The number of aliphatic hydroxyl groups excluding tert-OH is 1. The average Bonchev–Trinajstić information content (AvgIpc) is 2.59. The van der Waals surface area contributed by atoms with Gasteiger partial charge in [0.2, 0.25) is 5.91 Å². The van der Waals surface area contributed by atoms with Crippen LogP contribution in [0, 0.1) is 0 Å². The molecule has 0 saturated carbocycles. The van der Waals surface area contributed by atoms with Crippen molar-refractivity contribution in [1.82, 2.24) is 0 Å². The Hall–Kier alpha value is -3.06. The van der Waals surface area contributed by atoms with Crippen LogP contribution in [0.2, 0.25) is 0 Å². The molecule has 0 aliphatic heterocycles. The highest BCUT2D eigenvalue weighted by atomic mass is 16.6. The van der Waals surface area contributed by atoms with Gasteiger partial charge in [-0.25, -0.2) is 4.79 Å². The standard InChI is InChI=1S/C18H20N2O5/c1-13(22)19-15-7-8-16(17(23)11-15)20(9-10-21)18(24)25-12-14-5-3-2-4-6-14/h2-8,11,21,23H,9-10,12H2,1H3,(H,19,22). The van der Waals surface area contributed by atoms with Gasteiger partial charge in [0.1, 0.15) is 12.4 Å². The number of rotatable bonds is 6. The summed E-state index contributed by atoms with van der Waals surface area (Å²) in [4.78, 5) is 24.5. The van der Waals surface area contributed by atoms with E-state index >= 15 is 0 Å². The summed E-state index contributed by atoms with van der Waals surface area (Å²) >= 11 is 0. The molecule has 0 saturated heterocycles. The van der Waals surface area contributed by atoms with Crippen LogP contribution in [0.15, 0.2) is 48.5 Å². The summed E-state index contributed by atoms with van der Waals surface area (Å²) in [6.45, 7) is 1.09. The molecule has 0 fully saturated rings. The van der Waals surface area contributed by atoms with E-state index in [-0.39, 0.29) is 37.1 Å². The average molecular weight is 344 g/mol. The van der Waals surface area contributed by atoms with Crippen molar-refractivity contribution >= 4 is 23.4 Å². The molecule has 0 radical (unpaired) electrons. The maximum absolute atomic E-state index is 12.3. The van der Waals surface area contributed by atoms with Gasteiger partial charge >= 0.3 is 6.09 Å². The van der Waals surface area contributed by atoms with Crippen molar-refractivity contribution < 1.29 is 24.5 Å². The fraction of sp³-hybridized carbons (Fsp3) is 0.222. The Bertz CT molecular complexity index is 734. The Balaban J connectivity index is 2.13. The van der Waals surface area contributed by atoms with Crippen LogP contribution in [0.5, 0.6) is 5.75 Å². The number of hydrogen-bond donors (Lipinski definition) is 3. The SMILES string of the molecule is CC(=O)Nc1ccc(N(CCO)C(=O)OCc2ccccc2)c(O)c1. The lowest BCUT2D eigenvalue weighted by Crippen LogP contribution is -2.34. The van der Waals surface area contributed by atoms with E-state index in [4.69, 9.17) is 4.74 Å². The number of aliphatic hydroxyl groups is 1. The topological polar surface area (TPSA) is 99.1 Å². The lowest BCUT2D eigenvalue weighted by atomic mass is 10.2. The lowest BCUT2D eigenvalue weighted by molar-refractivity contribution is -0.114. The number of nitrogens with one attached hydrogen (secondary N) is 1. The first-order valence-electron chi connectivity index (χ1n) is 7.71. The maximum atomic E-state index is 12.3. The molecule has 132 valence electrons. The van der Waals surface area contributed by atoms with Crippen molar-refractivity contribution in [2.75, 3.05) is 23.4 Å². The van der Waals surface area contributed by atoms with E-state index in [1.165, 1.54) is 19.1 Å². The number of amides is 2. The number of ether oxygens (including phenoxy) is 1. The van der Waals surface area contributed by atoms with Gasteiger partial charge in [-0.3, -0.25) is 9.69 Å². The lowest BCUT2D eigenvalue weighted by Gasteiger charge is -2.22. The summed E-state index contributed by atoms with van der Waals surface area (Å²) in [6.07, 6.45) is -0.694. The third kappa shape index (κ3) is 5.22. The monoisotopic (exact) mass is 344 g/mol. The molecular formula is C18H20N2O5. The molecule has 2 aromatic carbocycles. The molecule has 2 amide bonds. The molecule has 0 aliphatic rings. The smallest absolute Gasteiger partial charge is 0.414 e. The molecule has 0 aliphatic carbocycles. The van der Waals surface area contributed by atoms with E-state index < -0.39 is 6.09 Å². The third-order valence-electron chi connectivity index (χ3n) is 3.34. The number of nitrogens with zero attached hydrogens (tertiary/aromatic N) is 1. The third-order valence-corrected chi connectivity index (χ3v) is 3.34. The van der Waals surface area contributed by atoms with Crippen molar-refractivity contribution in [3.8, 4) is 5.75 Å². The number of aromatic hydroxyl groups is 1. The fourth-order valence-electron chi connectivity index (χ4n) is 2.24. The normalized spacial score (nSPS) is 10.2. The minimum absolute atomic E-state index is 0.0410. The fourth-order valence-corrected chi connectivity index (χ4v) is 2.24. The van der Waals surface area contributed by atoms with Crippen LogP contribution < -0.4 is 10.2 Å². The highest BCUT2D eigenvalue weighted by Gasteiger charge is 2.20. The van der Waals surface area contributed by atoms with E-state index in [9.17, 15) is 19.8 Å². The first-order chi connectivity index (χ1) is 12.0. The number of phenols is 1. The second-order valence-electron chi connectivity index (χ2n) is 5.30. The second-order valence-corrected chi connectivity index (χ2v) is 5.30. The van der Waals surface area contributed by atoms with Crippen molar-refractivity contribution in [1.29, 1.82) is 0 Å². The van der Waals surface area contributed by atoms with Gasteiger partial charge in [-0.05, 0) is 17.7 Å². The van der Waals surface area contributed by atoms with E-state index in [1.54, 1.807) is 6.07 Å². The van der Waals surface area contributed by atoms with Gasteiger partial charge in [0.05, 0.1) is 18.8 Å². The minimum Gasteiger partial charge on any atom is -0.506 e. The van der Waals surface area contributed by atoms with Crippen LogP contribution >= 0.6 is 0 Å². The van der Waals surface area contributed by atoms with Crippen LogP contribution in [0.4, 0.5) is 16.2 Å². The molecule has 0 atom stereocenters. The largest absolute Gasteiger partial charge is 0.506 e. The summed E-state index contributed by atoms with van der Waals surface area (Å²) in [5, 5.41) is 21.9. The van der Waals surface area contributed by atoms with Gasteiger partial charge in [-0.2, -0.15) is 0 Å². The molecule has 0 spiro atoms. The molecule has 0 aromatic heterocycles. The van der Waals surface area contributed by atoms with Crippen molar-refractivity contribution in [3.63, 3.8) is 0 Å². The number of phenolic OH excluding ortho intramolecular Hbond substituents is 1. The van der Waals surface area contributed by atoms with E-state index in [0.717, 1.165) is 10.5 Å². The molecule has 2 aromatic rings. The predicted octanol–water partition coefficient (Wildman–Crippen LogP) is 2.49. The Morgan fingerprint density at radius 1 is 1.16 bits per heavy atom. The van der Waals surface area contributed by atoms with Gasteiger partial charge in [0, 0.05) is 18.7 Å². The number of carbonyl (C=O) groups excluding carboxylic acids is 2. The van der Waals surface area contributed by atoms with Crippen LogP contribution in [0.3, 0.4) is 0 Å². The quantitative estimate of drug-likeness (QED) is 0.748. The Morgan fingerprint density at radius 2 is 1.88 bits per heavy atom.